The molecular weight excluding hydrogens is 276 g/mol. The van der Waals surface area contributed by atoms with E-state index in [4.69, 9.17) is 21.4 Å². The van der Waals surface area contributed by atoms with Crippen LogP contribution >= 0.6 is 11.6 Å². The van der Waals surface area contributed by atoms with Crippen molar-refractivity contribution in [1.29, 1.82) is 5.26 Å². The average molecular weight is 289 g/mol. The van der Waals surface area contributed by atoms with Gasteiger partial charge >= 0.3 is 0 Å². The summed E-state index contributed by atoms with van der Waals surface area (Å²) in [5, 5.41) is 13.1. The van der Waals surface area contributed by atoms with Gasteiger partial charge in [-0.3, -0.25) is 0 Å². The molecule has 0 radical (unpaired) electrons. The van der Waals surface area contributed by atoms with Crippen molar-refractivity contribution in [1.82, 2.24) is 5.16 Å². The molecule has 1 aromatic carbocycles. The second-order valence-corrected chi connectivity index (χ2v) is 5.07. The van der Waals surface area contributed by atoms with Gasteiger partial charge in [-0.2, -0.15) is 5.26 Å². The first-order valence-electron chi connectivity index (χ1n) is 6.07. The predicted octanol–water partition coefficient (Wildman–Crippen LogP) is 3.46. The maximum Gasteiger partial charge on any atom is 0.170 e. The molecule has 4 nitrogen and oxygen atoms in total. The summed E-state index contributed by atoms with van der Waals surface area (Å²) in [6, 6.07) is 5.59. The first-order chi connectivity index (χ1) is 9.49. The van der Waals surface area contributed by atoms with E-state index in [1.54, 1.807) is 19.1 Å². The standard InChI is InChI=1S/C15H13ClN2O2/c1-8-4-11(6-17)5-9(2)13(8)12(7-19)15-14(16)10(3)18-20-15/h4-5,7,12H,1-3H3. The maximum absolute atomic E-state index is 11.5. The van der Waals surface area contributed by atoms with E-state index in [9.17, 15) is 4.79 Å². The van der Waals surface area contributed by atoms with E-state index in [2.05, 4.69) is 11.2 Å². The Morgan fingerprint density at radius 3 is 2.35 bits per heavy atom. The number of nitrogens with zero attached hydrogens (tertiary/aromatic N) is 2. The molecule has 0 amide bonds. The minimum absolute atomic E-state index is 0.343. The molecule has 5 heteroatoms. The number of carbonyl (C=O) groups excluding carboxylic acids is 1. The molecule has 0 aliphatic heterocycles. The highest BCUT2D eigenvalue weighted by Crippen LogP contribution is 2.34. The van der Waals surface area contributed by atoms with E-state index in [1.165, 1.54) is 0 Å². The lowest BCUT2D eigenvalue weighted by molar-refractivity contribution is -0.108. The van der Waals surface area contributed by atoms with Crippen LogP contribution in [-0.2, 0) is 4.79 Å². The number of hydrogen-bond donors (Lipinski definition) is 0. The SMILES string of the molecule is Cc1cc(C#N)cc(C)c1C(C=O)c1onc(C)c1Cl. The van der Waals surface area contributed by atoms with E-state index in [0.29, 0.717) is 22.0 Å². The summed E-state index contributed by atoms with van der Waals surface area (Å²) in [5.74, 6) is -0.272. The van der Waals surface area contributed by atoms with Crippen LogP contribution in [0.1, 0.15) is 39.6 Å². The maximum atomic E-state index is 11.5. The third-order valence-corrected chi connectivity index (χ3v) is 3.73. The fourth-order valence-electron chi connectivity index (χ4n) is 2.36. The molecule has 0 spiro atoms. The quantitative estimate of drug-likeness (QED) is 0.811. The van der Waals surface area contributed by atoms with Crippen LogP contribution in [0.2, 0.25) is 5.02 Å². The first kappa shape index (κ1) is 14.3. The third-order valence-electron chi connectivity index (χ3n) is 3.27. The Morgan fingerprint density at radius 1 is 1.35 bits per heavy atom. The largest absolute Gasteiger partial charge is 0.358 e. The summed E-state index contributed by atoms with van der Waals surface area (Å²) in [6.07, 6.45) is 0.785. The van der Waals surface area contributed by atoms with Crippen molar-refractivity contribution in [3.8, 4) is 6.07 Å². The summed E-state index contributed by atoms with van der Waals surface area (Å²) in [4.78, 5) is 11.5. The molecular formula is C15H13ClN2O2. The molecule has 0 N–H and O–H groups in total. The number of halogens is 1. The lowest BCUT2D eigenvalue weighted by Gasteiger charge is -2.15. The van der Waals surface area contributed by atoms with Gasteiger partial charge in [0.15, 0.2) is 5.76 Å². The molecule has 20 heavy (non-hydrogen) atoms. The van der Waals surface area contributed by atoms with E-state index in [-0.39, 0.29) is 0 Å². The van der Waals surface area contributed by atoms with E-state index < -0.39 is 5.92 Å². The van der Waals surface area contributed by atoms with Crippen molar-refractivity contribution < 1.29 is 9.32 Å². The highest BCUT2D eigenvalue weighted by atomic mass is 35.5. The number of hydrogen-bond acceptors (Lipinski definition) is 4. The number of rotatable bonds is 3. The molecule has 0 fully saturated rings. The van der Waals surface area contributed by atoms with Crippen molar-refractivity contribution in [3.05, 3.63) is 50.9 Å². The minimum atomic E-state index is -0.614. The monoisotopic (exact) mass is 288 g/mol. The lowest BCUT2D eigenvalue weighted by atomic mass is 9.88. The molecule has 0 aliphatic carbocycles. The number of nitriles is 1. The molecule has 0 saturated carbocycles. The molecule has 1 unspecified atom stereocenters. The molecule has 1 atom stereocenters. The van der Waals surface area contributed by atoms with Crippen molar-refractivity contribution >= 4 is 17.9 Å². The molecule has 1 heterocycles. The van der Waals surface area contributed by atoms with Crippen LogP contribution in [0.25, 0.3) is 0 Å². The lowest BCUT2D eigenvalue weighted by Crippen LogP contribution is -2.07. The normalized spacial score (nSPS) is 11.9. The zero-order valence-electron chi connectivity index (χ0n) is 11.4. The summed E-state index contributed by atoms with van der Waals surface area (Å²) >= 11 is 6.13. The zero-order chi connectivity index (χ0) is 14.9. The van der Waals surface area contributed by atoms with Crippen LogP contribution in [0.3, 0.4) is 0 Å². The van der Waals surface area contributed by atoms with E-state index >= 15 is 0 Å². The van der Waals surface area contributed by atoms with Gasteiger partial charge in [0.25, 0.3) is 0 Å². The smallest absolute Gasteiger partial charge is 0.170 e. The Labute approximate surface area is 122 Å². The van der Waals surface area contributed by atoms with Gasteiger partial charge in [0, 0.05) is 0 Å². The van der Waals surface area contributed by atoms with Crippen LogP contribution in [0.4, 0.5) is 0 Å². The average Bonchev–Trinajstić information content (AvgIpc) is 2.74. The Balaban J connectivity index is 2.62. The number of carbonyl (C=O) groups is 1. The summed E-state index contributed by atoms with van der Waals surface area (Å²) < 4.78 is 5.19. The second kappa shape index (κ2) is 5.48. The van der Waals surface area contributed by atoms with Gasteiger partial charge in [-0.15, -0.1) is 0 Å². The van der Waals surface area contributed by atoms with Crippen LogP contribution < -0.4 is 0 Å². The van der Waals surface area contributed by atoms with Gasteiger partial charge in [0.1, 0.15) is 17.2 Å². The highest BCUT2D eigenvalue weighted by Gasteiger charge is 2.26. The third kappa shape index (κ3) is 2.33. The van der Waals surface area contributed by atoms with Crippen molar-refractivity contribution in [2.24, 2.45) is 0 Å². The van der Waals surface area contributed by atoms with Gasteiger partial charge in [-0.25, -0.2) is 0 Å². The fraction of sp³-hybridized carbons (Fsp3) is 0.267. The molecule has 102 valence electrons. The zero-order valence-corrected chi connectivity index (χ0v) is 12.2. The molecule has 0 saturated heterocycles. The summed E-state index contributed by atoms with van der Waals surface area (Å²) in [6.45, 7) is 5.43. The number of benzene rings is 1. The Hall–Kier alpha value is -2.12. The second-order valence-electron chi connectivity index (χ2n) is 4.70. The van der Waals surface area contributed by atoms with E-state index in [0.717, 1.165) is 23.0 Å². The minimum Gasteiger partial charge on any atom is -0.358 e. The molecule has 1 aromatic heterocycles. The van der Waals surface area contributed by atoms with Gasteiger partial charge in [-0.05, 0) is 49.6 Å². The van der Waals surface area contributed by atoms with Crippen molar-refractivity contribution in [3.63, 3.8) is 0 Å². The Morgan fingerprint density at radius 2 is 1.95 bits per heavy atom. The molecule has 0 bridgehead atoms. The Bertz CT molecular complexity index is 690. The van der Waals surface area contributed by atoms with Crippen LogP contribution in [0, 0.1) is 32.1 Å². The van der Waals surface area contributed by atoms with Crippen molar-refractivity contribution in [2.75, 3.05) is 0 Å². The summed E-state index contributed by atoms with van der Waals surface area (Å²) in [5.41, 5.74) is 3.62. The molecule has 2 aromatic rings. The van der Waals surface area contributed by atoms with Gasteiger partial charge in [0.2, 0.25) is 0 Å². The van der Waals surface area contributed by atoms with Crippen LogP contribution in [0.15, 0.2) is 16.7 Å². The van der Waals surface area contributed by atoms with Gasteiger partial charge in [-0.1, -0.05) is 16.8 Å². The van der Waals surface area contributed by atoms with Gasteiger partial charge < -0.3 is 9.32 Å². The fourth-order valence-corrected chi connectivity index (χ4v) is 2.55. The van der Waals surface area contributed by atoms with Crippen LogP contribution in [-0.4, -0.2) is 11.4 Å². The van der Waals surface area contributed by atoms with Crippen LogP contribution in [0.5, 0.6) is 0 Å². The van der Waals surface area contributed by atoms with Crippen molar-refractivity contribution in [2.45, 2.75) is 26.7 Å². The first-order valence-corrected chi connectivity index (χ1v) is 6.45. The number of aromatic nitrogens is 1. The molecule has 2 rings (SSSR count). The van der Waals surface area contributed by atoms with Gasteiger partial charge in [0.05, 0.1) is 17.3 Å². The number of aldehydes is 1. The van der Waals surface area contributed by atoms with E-state index in [1.807, 2.05) is 13.8 Å². The Kier molecular flexibility index (Phi) is 3.91. The summed E-state index contributed by atoms with van der Waals surface area (Å²) in [7, 11) is 0. The number of aryl methyl sites for hydroxylation is 3. The molecule has 0 aliphatic rings. The predicted molar refractivity (Wildman–Crippen MR) is 74.8 cm³/mol. The topological polar surface area (TPSA) is 66.9 Å². The highest BCUT2D eigenvalue weighted by molar-refractivity contribution is 6.32.